The number of aromatic nitrogens is 2. The Morgan fingerprint density at radius 1 is 1.59 bits per heavy atom. The summed E-state index contributed by atoms with van der Waals surface area (Å²) >= 11 is 0. The number of likely N-dealkylation sites (N-methyl/N-ethyl adjacent to an activating group) is 1. The highest BCUT2D eigenvalue weighted by Gasteiger charge is 2.35. The molecule has 0 radical (unpaired) electrons. The van der Waals surface area contributed by atoms with E-state index in [1.54, 1.807) is 0 Å². The van der Waals surface area contributed by atoms with Gasteiger partial charge in [0, 0.05) is 6.20 Å². The number of aliphatic carboxylic acids is 1. The van der Waals surface area contributed by atoms with E-state index in [4.69, 9.17) is 5.11 Å². The highest BCUT2D eigenvalue weighted by Crippen LogP contribution is 2.28. The zero-order chi connectivity index (χ0) is 13.3. The number of nitrogens with one attached hydrogen (secondary N) is 1. The molecule has 5 nitrogen and oxygen atoms in total. The van der Waals surface area contributed by atoms with E-state index in [2.05, 4.69) is 10.4 Å². The molecule has 1 atom stereocenters. The molecule has 0 aliphatic rings. The van der Waals surface area contributed by atoms with E-state index >= 15 is 0 Å². The molecular formula is C9H12F3N3O2. The summed E-state index contributed by atoms with van der Waals surface area (Å²) in [5, 5.41) is 15.0. The Morgan fingerprint density at radius 2 is 2.18 bits per heavy atom. The van der Waals surface area contributed by atoms with Crippen LogP contribution in [0.5, 0.6) is 0 Å². The number of hydrogen-bond acceptors (Lipinski definition) is 3. The van der Waals surface area contributed by atoms with Crippen LogP contribution in [0.25, 0.3) is 0 Å². The first kappa shape index (κ1) is 13.5. The number of carboxylic acids is 1. The van der Waals surface area contributed by atoms with E-state index in [0.29, 0.717) is 6.20 Å². The first-order valence-electron chi connectivity index (χ1n) is 4.71. The van der Waals surface area contributed by atoms with Crippen molar-refractivity contribution in [3.05, 3.63) is 18.0 Å². The number of carboxylic acid groups (broad SMARTS) is 1. The molecule has 17 heavy (non-hydrogen) atoms. The highest BCUT2D eigenvalue weighted by atomic mass is 19.4. The molecule has 0 aliphatic heterocycles. The second kappa shape index (κ2) is 4.36. The summed E-state index contributed by atoms with van der Waals surface area (Å²) in [5.74, 6) is -1.16. The monoisotopic (exact) mass is 251 g/mol. The predicted octanol–water partition coefficient (Wildman–Crippen LogP) is 0.965. The molecule has 0 saturated heterocycles. The van der Waals surface area contributed by atoms with Crippen molar-refractivity contribution >= 4 is 5.97 Å². The normalized spacial score (nSPS) is 15.6. The van der Waals surface area contributed by atoms with Crippen LogP contribution in [0.3, 0.4) is 0 Å². The highest BCUT2D eigenvalue weighted by molar-refractivity contribution is 5.78. The maximum absolute atomic E-state index is 12.3. The molecular weight excluding hydrogens is 239 g/mol. The van der Waals surface area contributed by atoms with Crippen LogP contribution in [0.2, 0.25) is 0 Å². The summed E-state index contributed by atoms with van der Waals surface area (Å²) in [6.07, 6.45) is -3.03. The molecule has 1 aromatic rings. The minimum absolute atomic E-state index is 0.199. The molecule has 8 heteroatoms. The van der Waals surface area contributed by atoms with Gasteiger partial charge in [0.25, 0.3) is 0 Å². The third kappa shape index (κ3) is 2.96. The van der Waals surface area contributed by atoms with Crippen LogP contribution in [0.4, 0.5) is 13.2 Å². The van der Waals surface area contributed by atoms with Crippen LogP contribution in [0.15, 0.2) is 12.4 Å². The summed E-state index contributed by atoms with van der Waals surface area (Å²) in [5.41, 5.74) is -2.27. The van der Waals surface area contributed by atoms with Gasteiger partial charge in [0.2, 0.25) is 0 Å². The SMILES string of the molecule is CNC(C)(Cn1cc(C(F)(F)F)cn1)C(=O)O. The van der Waals surface area contributed by atoms with Gasteiger partial charge >= 0.3 is 12.1 Å². The second-order valence-corrected chi connectivity index (χ2v) is 3.81. The van der Waals surface area contributed by atoms with Gasteiger partial charge in [-0.15, -0.1) is 0 Å². The number of hydrogen-bond donors (Lipinski definition) is 2. The zero-order valence-electron chi connectivity index (χ0n) is 9.25. The van der Waals surface area contributed by atoms with Gasteiger partial charge in [-0.2, -0.15) is 18.3 Å². The van der Waals surface area contributed by atoms with Crippen molar-refractivity contribution < 1.29 is 23.1 Å². The Labute approximate surface area is 95.2 Å². The number of nitrogens with zero attached hydrogens (tertiary/aromatic N) is 2. The first-order valence-corrected chi connectivity index (χ1v) is 4.71. The van der Waals surface area contributed by atoms with Gasteiger partial charge in [0.05, 0.1) is 18.3 Å². The van der Waals surface area contributed by atoms with Crippen LogP contribution in [0.1, 0.15) is 12.5 Å². The van der Waals surface area contributed by atoms with Crippen molar-refractivity contribution in [2.45, 2.75) is 25.2 Å². The van der Waals surface area contributed by atoms with Gasteiger partial charge in [-0.25, -0.2) is 0 Å². The third-order valence-corrected chi connectivity index (χ3v) is 2.46. The van der Waals surface area contributed by atoms with Crippen LogP contribution < -0.4 is 5.32 Å². The molecule has 0 amide bonds. The summed E-state index contributed by atoms with van der Waals surface area (Å²) in [7, 11) is 1.42. The molecule has 0 spiro atoms. The Morgan fingerprint density at radius 3 is 2.53 bits per heavy atom. The van der Waals surface area contributed by atoms with Gasteiger partial charge in [-0.05, 0) is 14.0 Å². The minimum Gasteiger partial charge on any atom is -0.480 e. The fourth-order valence-corrected chi connectivity index (χ4v) is 1.17. The third-order valence-electron chi connectivity index (χ3n) is 2.46. The Kier molecular flexibility index (Phi) is 3.46. The average Bonchev–Trinajstić information content (AvgIpc) is 2.65. The van der Waals surface area contributed by atoms with Crippen molar-refractivity contribution in [3.63, 3.8) is 0 Å². The van der Waals surface area contributed by atoms with E-state index in [1.165, 1.54) is 14.0 Å². The topological polar surface area (TPSA) is 67.2 Å². The Bertz CT molecular complexity index is 416. The summed E-state index contributed by atoms with van der Waals surface area (Å²) < 4.78 is 37.8. The second-order valence-electron chi connectivity index (χ2n) is 3.81. The van der Waals surface area contributed by atoms with Crippen molar-refractivity contribution in [1.82, 2.24) is 15.1 Å². The molecule has 1 aromatic heterocycles. The fraction of sp³-hybridized carbons (Fsp3) is 0.556. The molecule has 1 unspecified atom stereocenters. The molecule has 2 N–H and O–H groups in total. The largest absolute Gasteiger partial charge is 0.480 e. The van der Waals surface area contributed by atoms with E-state index in [1.807, 2.05) is 0 Å². The van der Waals surface area contributed by atoms with Gasteiger partial charge in [0.15, 0.2) is 0 Å². The molecule has 1 heterocycles. The van der Waals surface area contributed by atoms with E-state index < -0.39 is 23.2 Å². The molecule has 0 aliphatic carbocycles. The smallest absolute Gasteiger partial charge is 0.419 e. The summed E-state index contributed by atoms with van der Waals surface area (Å²) in [6, 6.07) is 0. The lowest BCUT2D eigenvalue weighted by atomic mass is 10.0. The summed E-state index contributed by atoms with van der Waals surface area (Å²) in [6.45, 7) is 1.17. The molecule has 0 fully saturated rings. The molecule has 0 saturated carbocycles. The van der Waals surface area contributed by atoms with Gasteiger partial charge in [0.1, 0.15) is 5.54 Å². The number of halogens is 3. The van der Waals surface area contributed by atoms with Crippen molar-refractivity contribution in [1.29, 1.82) is 0 Å². The van der Waals surface area contributed by atoms with Gasteiger partial charge in [-0.1, -0.05) is 0 Å². The molecule has 1 rings (SSSR count). The summed E-state index contributed by atoms with van der Waals surface area (Å²) in [4.78, 5) is 10.9. The van der Waals surface area contributed by atoms with E-state index in [-0.39, 0.29) is 6.54 Å². The maximum Gasteiger partial charge on any atom is 0.419 e. The number of alkyl halides is 3. The lowest BCUT2D eigenvalue weighted by Crippen LogP contribution is -2.50. The lowest BCUT2D eigenvalue weighted by molar-refractivity contribution is -0.144. The van der Waals surface area contributed by atoms with E-state index in [0.717, 1.165) is 10.9 Å². The van der Waals surface area contributed by atoms with Crippen molar-refractivity contribution in [2.24, 2.45) is 0 Å². The van der Waals surface area contributed by atoms with E-state index in [9.17, 15) is 18.0 Å². The maximum atomic E-state index is 12.3. The standard InChI is InChI=1S/C9H12F3N3O2/c1-8(13-2,7(16)17)5-15-4-6(3-14-15)9(10,11)12/h3-4,13H,5H2,1-2H3,(H,16,17). The van der Waals surface area contributed by atoms with Crippen LogP contribution >= 0.6 is 0 Å². The van der Waals surface area contributed by atoms with Crippen LogP contribution in [-0.2, 0) is 17.5 Å². The fourth-order valence-electron chi connectivity index (χ4n) is 1.17. The molecule has 0 aromatic carbocycles. The van der Waals surface area contributed by atoms with Crippen molar-refractivity contribution in [2.75, 3.05) is 7.05 Å². The number of rotatable bonds is 4. The molecule has 96 valence electrons. The predicted molar refractivity (Wildman–Crippen MR) is 52.3 cm³/mol. The Hall–Kier alpha value is -1.57. The quantitative estimate of drug-likeness (QED) is 0.836. The van der Waals surface area contributed by atoms with Gasteiger partial charge < -0.3 is 10.4 Å². The minimum atomic E-state index is -4.47. The first-order chi connectivity index (χ1) is 7.69. The van der Waals surface area contributed by atoms with Crippen molar-refractivity contribution in [3.8, 4) is 0 Å². The van der Waals surface area contributed by atoms with Gasteiger partial charge in [-0.3, -0.25) is 9.48 Å². The zero-order valence-corrected chi connectivity index (χ0v) is 9.25. The average molecular weight is 251 g/mol. The Balaban J connectivity index is 2.89. The lowest BCUT2D eigenvalue weighted by Gasteiger charge is -2.23. The number of carbonyl (C=O) groups is 1. The van der Waals surface area contributed by atoms with Crippen LogP contribution in [-0.4, -0.2) is 33.4 Å². The van der Waals surface area contributed by atoms with Crippen LogP contribution in [0, 0.1) is 0 Å². The molecule has 0 bridgehead atoms.